The maximum Gasteiger partial charge on any atom is 0.271 e. The lowest BCUT2D eigenvalue weighted by Gasteiger charge is -2.04. The minimum Gasteiger partial charge on any atom is -0.343 e. The highest BCUT2D eigenvalue weighted by Gasteiger charge is 2.11. The summed E-state index contributed by atoms with van der Waals surface area (Å²) in [5.74, 6) is 0.497. The lowest BCUT2D eigenvalue weighted by molar-refractivity contribution is 0.0945. The standard InChI is InChI=1S/C10H14N6OS/c1-2-16-6-13-15-8(16)4-12-10(17)7-5-18-9(3-11)14-7/h5-6H,2-4,11H2,1H3,(H,12,17). The van der Waals surface area contributed by atoms with E-state index in [9.17, 15) is 4.79 Å². The Morgan fingerprint density at radius 2 is 2.44 bits per heavy atom. The van der Waals surface area contributed by atoms with Crippen LogP contribution < -0.4 is 11.1 Å². The molecule has 2 aromatic rings. The Bertz CT molecular complexity index is 534. The van der Waals surface area contributed by atoms with Crippen molar-refractivity contribution in [3.63, 3.8) is 0 Å². The second kappa shape index (κ2) is 5.69. The molecule has 0 saturated heterocycles. The van der Waals surface area contributed by atoms with Crippen molar-refractivity contribution in [1.82, 2.24) is 25.1 Å². The lowest BCUT2D eigenvalue weighted by Crippen LogP contribution is -2.25. The van der Waals surface area contributed by atoms with Crippen LogP contribution in [0, 0.1) is 0 Å². The summed E-state index contributed by atoms with van der Waals surface area (Å²) in [7, 11) is 0. The van der Waals surface area contributed by atoms with Gasteiger partial charge in [-0.2, -0.15) is 0 Å². The first-order valence-corrected chi connectivity index (χ1v) is 6.42. The van der Waals surface area contributed by atoms with Gasteiger partial charge in [0, 0.05) is 18.5 Å². The molecule has 96 valence electrons. The Hall–Kier alpha value is -1.80. The van der Waals surface area contributed by atoms with Crippen molar-refractivity contribution in [3.05, 3.63) is 28.2 Å². The van der Waals surface area contributed by atoms with Gasteiger partial charge in [-0.05, 0) is 6.92 Å². The Morgan fingerprint density at radius 3 is 3.11 bits per heavy atom. The van der Waals surface area contributed by atoms with Crippen molar-refractivity contribution >= 4 is 17.2 Å². The highest BCUT2D eigenvalue weighted by Crippen LogP contribution is 2.08. The molecule has 2 aromatic heterocycles. The van der Waals surface area contributed by atoms with Gasteiger partial charge < -0.3 is 15.6 Å². The van der Waals surface area contributed by atoms with Crippen LogP contribution in [0.25, 0.3) is 0 Å². The Labute approximate surface area is 108 Å². The summed E-state index contributed by atoms with van der Waals surface area (Å²) in [6.45, 7) is 3.44. The second-order valence-corrected chi connectivity index (χ2v) is 4.49. The number of aromatic nitrogens is 4. The molecule has 0 aliphatic heterocycles. The molecule has 0 unspecified atom stereocenters. The first kappa shape index (κ1) is 12.7. The van der Waals surface area contributed by atoms with Crippen LogP contribution in [0.5, 0.6) is 0 Å². The third-order valence-corrected chi connectivity index (χ3v) is 3.27. The van der Waals surface area contributed by atoms with Crippen LogP contribution in [-0.2, 0) is 19.6 Å². The zero-order valence-electron chi connectivity index (χ0n) is 9.96. The third kappa shape index (κ3) is 2.71. The van der Waals surface area contributed by atoms with Gasteiger partial charge in [0.1, 0.15) is 17.0 Å². The molecule has 0 aromatic carbocycles. The number of hydrogen-bond donors (Lipinski definition) is 2. The molecular formula is C10H14N6OS. The topological polar surface area (TPSA) is 98.7 Å². The van der Waals surface area contributed by atoms with E-state index in [2.05, 4.69) is 20.5 Å². The van der Waals surface area contributed by atoms with Crippen LogP contribution in [0.2, 0.25) is 0 Å². The van der Waals surface area contributed by atoms with Crippen molar-refractivity contribution in [2.45, 2.75) is 26.6 Å². The number of rotatable bonds is 5. The lowest BCUT2D eigenvalue weighted by atomic mass is 10.4. The van der Waals surface area contributed by atoms with Gasteiger partial charge in [0.25, 0.3) is 5.91 Å². The van der Waals surface area contributed by atoms with Gasteiger partial charge in [0.15, 0.2) is 5.82 Å². The molecule has 7 nitrogen and oxygen atoms in total. The summed E-state index contributed by atoms with van der Waals surface area (Å²) < 4.78 is 1.87. The maximum atomic E-state index is 11.8. The fourth-order valence-corrected chi connectivity index (χ4v) is 2.09. The smallest absolute Gasteiger partial charge is 0.271 e. The van der Waals surface area contributed by atoms with Crippen LogP contribution in [0.4, 0.5) is 0 Å². The number of nitrogens with zero attached hydrogens (tertiary/aromatic N) is 4. The van der Waals surface area contributed by atoms with Crippen LogP contribution in [0.3, 0.4) is 0 Å². The largest absolute Gasteiger partial charge is 0.343 e. The molecular weight excluding hydrogens is 252 g/mol. The summed E-state index contributed by atoms with van der Waals surface area (Å²) in [5, 5.41) is 12.9. The first-order valence-electron chi connectivity index (χ1n) is 5.54. The predicted octanol–water partition coefficient (Wildman–Crippen LogP) is 0.143. The highest BCUT2D eigenvalue weighted by molar-refractivity contribution is 7.09. The molecule has 0 fully saturated rings. The molecule has 2 rings (SSSR count). The van der Waals surface area contributed by atoms with E-state index in [-0.39, 0.29) is 5.91 Å². The first-order chi connectivity index (χ1) is 8.74. The van der Waals surface area contributed by atoms with Crippen LogP contribution in [-0.4, -0.2) is 25.7 Å². The normalized spacial score (nSPS) is 10.6. The van der Waals surface area contributed by atoms with Crippen LogP contribution >= 0.6 is 11.3 Å². The molecule has 0 aliphatic rings. The van der Waals surface area contributed by atoms with Crippen molar-refractivity contribution in [2.75, 3.05) is 0 Å². The average Bonchev–Trinajstić information content (AvgIpc) is 3.04. The number of nitrogens with two attached hydrogens (primary N) is 1. The second-order valence-electron chi connectivity index (χ2n) is 3.55. The Kier molecular flexibility index (Phi) is 4.00. The SMILES string of the molecule is CCn1cnnc1CNC(=O)c1csc(CN)n1. The minimum atomic E-state index is -0.225. The fraction of sp³-hybridized carbons (Fsp3) is 0.400. The van der Waals surface area contributed by atoms with Gasteiger partial charge in [-0.3, -0.25) is 4.79 Å². The fourth-order valence-electron chi connectivity index (χ4n) is 1.44. The zero-order valence-corrected chi connectivity index (χ0v) is 10.8. The molecule has 0 atom stereocenters. The minimum absolute atomic E-state index is 0.225. The van der Waals surface area contributed by atoms with Gasteiger partial charge in [0.05, 0.1) is 6.54 Å². The summed E-state index contributed by atoms with van der Waals surface area (Å²) in [6, 6.07) is 0. The monoisotopic (exact) mass is 266 g/mol. The van der Waals surface area contributed by atoms with Gasteiger partial charge in [-0.15, -0.1) is 21.5 Å². The summed E-state index contributed by atoms with van der Waals surface area (Å²) in [4.78, 5) is 15.9. The molecule has 8 heteroatoms. The van der Waals surface area contributed by atoms with Crippen LogP contribution in [0.1, 0.15) is 28.2 Å². The van der Waals surface area contributed by atoms with E-state index >= 15 is 0 Å². The summed E-state index contributed by atoms with van der Waals surface area (Å²) in [5.41, 5.74) is 5.84. The number of amides is 1. The molecule has 3 N–H and O–H groups in total. The van der Waals surface area contributed by atoms with E-state index in [1.54, 1.807) is 11.7 Å². The molecule has 0 aliphatic carbocycles. The van der Waals surface area contributed by atoms with E-state index in [0.29, 0.717) is 18.8 Å². The highest BCUT2D eigenvalue weighted by atomic mass is 32.1. The quantitative estimate of drug-likeness (QED) is 0.802. The number of carbonyl (C=O) groups is 1. The van der Waals surface area contributed by atoms with Crippen LogP contribution in [0.15, 0.2) is 11.7 Å². The Morgan fingerprint density at radius 1 is 1.61 bits per heavy atom. The molecule has 18 heavy (non-hydrogen) atoms. The van der Waals surface area contributed by atoms with Gasteiger partial charge in [-0.1, -0.05) is 0 Å². The molecule has 0 radical (unpaired) electrons. The van der Waals surface area contributed by atoms with Gasteiger partial charge >= 0.3 is 0 Å². The third-order valence-electron chi connectivity index (χ3n) is 2.40. The summed E-state index contributed by atoms with van der Waals surface area (Å²) in [6.07, 6.45) is 1.64. The van der Waals surface area contributed by atoms with E-state index < -0.39 is 0 Å². The summed E-state index contributed by atoms with van der Waals surface area (Å²) >= 11 is 1.38. The predicted molar refractivity (Wildman–Crippen MR) is 66.9 cm³/mol. The molecule has 0 spiro atoms. The number of nitrogens with one attached hydrogen (secondary N) is 1. The van der Waals surface area contributed by atoms with Crippen molar-refractivity contribution in [1.29, 1.82) is 0 Å². The Balaban J connectivity index is 1.96. The van der Waals surface area contributed by atoms with Gasteiger partial charge in [-0.25, -0.2) is 4.98 Å². The van der Waals surface area contributed by atoms with Gasteiger partial charge in [0.2, 0.25) is 0 Å². The van der Waals surface area contributed by atoms with Crippen molar-refractivity contribution < 1.29 is 4.79 Å². The zero-order chi connectivity index (χ0) is 13.0. The maximum absolute atomic E-state index is 11.8. The average molecular weight is 266 g/mol. The van der Waals surface area contributed by atoms with E-state index in [4.69, 9.17) is 5.73 Å². The molecule has 0 bridgehead atoms. The molecule has 2 heterocycles. The molecule has 1 amide bonds. The van der Waals surface area contributed by atoms with E-state index in [0.717, 1.165) is 17.4 Å². The molecule has 0 saturated carbocycles. The van der Waals surface area contributed by atoms with Crippen molar-refractivity contribution in [2.24, 2.45) is 5.73 Å². The van der Waals surface area contributed by atoms with E-state index in [1.165, 1.54) is 11.3 Å². The number of carbonyl (C=O) groups excluding carboxylic acids is 1. The van der Waals surface area contributed by atoms with E-state index in [1.807, 2.05) is 11.5 Å². The number of aryl methyl sites for hydroxylation is 1. The van der Waals surface area contributed by atoms with Crippen molar-refractivity contribution in [3.8, 4) is 0 Å². The number of thiazole rings is 1. The number of hydrogen-bond acceptors (Lipinski definition) is 6.